The minimum absolute atomic E-state index is 0.0141. The van der Waals surface area contributed by atoms with Crippen molar-refractivity contribution in [1.29, 1.82) is 0 Å². The first-order valence-corrected chi connectivity index (χ1v) is 37.2. The van der Waals surface area contributed by atoms with Crippen LogP contribution in [0.15, 0.2) is 376 Å². The van der Waals surface area contributed by atoms with E-state index < -0.39 is 170 Å². The number of aromatic nitrogens is 2. The lowest BCUT2D eigenvalue weighted by molar-refractivity contribution is 0.490. The zero-order chi connectivity index (χ0) is 92.1. The molecule has 0 atom stereocenters. The molecule has 8 heterocycles. The van der Waals surface area contributed by atoms with Crippen molar-refractivity contribution in [3.8, 4) is 78.9 Å². The SMILES string of the molecule is [2H]c1c([2H])c([2H])c2c(c1[2H])Oc1c3c(cc4c1B2c1c([2H])c([2H])c([2H])c2c5c([2H])c([2H])c([2H])c([2H])c5n-4c12)N(c1c(-c2ccccc2)cccc1-c1ccccc1)c1cc(C(c2ccccc2)c2ccccc2)cc2c1B3c1c(cc3c4c1Oc1c([2H])c([2H])c([2H])c([2H])c1B4c1c([2H])c([2H])c([2H])c4c5c([2H])c([2H])c([2H])c([2H])c5n-3c14)N2c1c(-c2ccccc2)cccc1-c1ccccc1. The lowest BCUT2D eigenvalue weighted by Gasteiger charge is -2.49. The molecule has 0 fully saturated rings. The molecule has 19 aromatic rings. The summed E-state index contributed by atoms with van der Waals surface area (Å²) < 4.78 is 240. The molecule has 6 aliphatic rings. The van der Waals surface area contributed by atoms with E-state index in [-0.39, 0.29) is 122 Å². The van der Waals surface area contributed by atoms with Gasteiger partial charge in [-0.3, -0.25) is 0 Å². The first kappa shape index (κ1) is 44.3. The normalized spacial score (nSPS) is 16.1. The molecule has 0 aliphatic carbocycles. The van der Waals surface area contributed by atoms with Crippen molar-refractivity contribution >= 4 is 147 Å². The Morgan fingerprint density at radius 3 is 1.00 bits per heavy atom. The Kier molecular flexibility index (Phi) is 9.34. The zero-order valence-electron chi connectivity index (χ0n) is 81.0. The molecule has 0 saturated heterocycles. The first-order valence-electron chi connectivity index (χ1n) is 48.2. The van der Waals surface area contributed by atoms with Crippen LogP contribution < -0.4 is 68.4 Å². The molecule has 6 aliphatic heterocycles. The minimum atomic E-state index is -1.60. The Bertz CT molecular complexity index is 8030. The summed E-state index contributed by atoms with van der Waals surface area (Å²) in [6, 6.07) is 65.8. The van der Waals surface area contributed by atoms with Crippen LogP contribution in [0.3, 0.4) is 0 Å². The maximum Gasteiger partial charge on any atom is 0.261 e. The lowest BCUT2D eigenvalue weighted by atomic mass is 9.28. The van der Waals surface area contributed by atoms with E-state index in [2.05, 4.69) is 46.2 Å². The smallest absolute Gasteiger partial charge is 0.261 e. The standard InChI is InChI=1S/C103H63B3N4O2/c1-7-31-63(32-8-1)70-45-27-46-71(64-33-9-2-10-34-64)98(70)109-84-59-69(92(67-39-15-5-16-40-67)68-41-17-6-18-42-68)60-85-93(84)106(96-88(109)61-86-94-102(96)111-90-57-25-21-51-78(90)104(94)80-53-29-49-76-74-43-19-23-55-82(74)107(86)100(76)80)97-89(110(85)99-72(65-35-11-3-12-36-65)47-28-48-73(99)66-37-13-4-14-38-66)62-87-95-103(97)112-91-58-26-22-52-79(91)105(95)81-54-30-50-77-75-44-20-24-56-83(75)108(87)101(77)81/h1-62,92H/i19D,20D,21D,22D,23D,24D,25D,26D,29D,30D,43D,44D,49D,50D,51D,52D,53D,54D,55D,56D,57D,58D. The molecule has 0 saturated carbocycles. The second-order valence-corrected chi connectivity index (χ2v) is 29.0. The Balaban J connectivity index is 0.981. The molecule has 17 aromatic carbocycles. The van der Waals surface area contributed by atoms with Crippen LogP contribution in [-0.4, -0.2) is 29.3 Å². The van der Waals surface area contributed by atoms with E-state index in [1.165, 1.54) is 0 Å². The van der Waals surface area contributed by atoms with Crippen molar-refractivity contribution in [3.05, 3.63) is 392 Å². The minimum Gasteiger partial charge on any atom is -0.459 e. The van der Waals surface area contributed by atoms with Gasteiger partial charge in [-0.15, -0.1) is 0 Å². The van der Waals surface area contributed by atoms with E-state index in [1.807, 2.05) is 206 Å². The van der Waals surface area contributed by atoms with Crippen LogP contribution in [0.5, 0.6) is 23.0 Å². The van der Waals surface area contributed by atoms with Crippen molar-refractivity contribution in [2.45, 2.75) is 5.92 Å². The number of fused-ring (bicyclic) bond motifs is 20. The van der Waals surface area contributed by atoms with E-state index in [0.29, 0.717) is 56.0 Å². The number of hydrogen-bond acceptors (Lipinski definition) is 4. The number of anilines is 6. The predicted octanol–water partition coefficient (Wildman–Crippen LogP) is 19.7. The maximum absolute atomic E-state index is 10.6. The van der Waals surface area contributed by atoms with E-state index in [1.54, 1.807) is 9.13 Å². The van der Waals surface area contributed by atoms with Gasteiger partial charge in [0, 0.05) is 94.9 Å². The van der Waals surface area contributed by atoms with Crippen LogP contribution in [0.1, 0.15) is 52.8 Å². The number of hydrogen-bond donors (Lipinski definition) is 0. The summed E-state index contributed by atoms with van der Waals surface area (Å²) in [6.07, 6.45) is 0. The van der Waals surface area contributed by atoms with Gasteiger partial charge in [-0.05, 0) is 137 Å². The summed E-state index contributed by atoms with van der Waals surface area (Å²) in [5, 5.41) is -0.611. The molecule has 112 heavy (non-hydrogen) atoms. The van der Waals surface area contributed by atoms with Gasteiger partial charge in [-0.25, -0.2) is 0 Å². The number of nitrogens with zero attached hydrogens (tertiary/aromatic N) is 4. The monoisotopic (exact) mass is 1440 g/mol. The summed E-state index contributed by atoms with van der Waals surface area (Å²) >= 11 is 0. The highest BCUT2D eigenvalue weighted by atomic mass is 16.5. The van der Waals surface area contributed by atoms with E-state index >= 15 is 0 Å². The van der Waals surface area contributed by atoms with Gasteiger partial charge in [0.25, 0.3) is 20.1 Å². The average Bonchev–Trinajstić information content (AvgIpc) is 1.25. The highest BCUT2D eigenvalue weighted by molar-refractivity contribution is 7.05. The average molecular weight is 1440 g/mol. The van der Waals surface area contributed by atoms with Crippen molar-refractivity contribution in [3.63, 3.8) is 0 Å². The number of ether oxygens (including phenoxy) is 2. The molecule has 9 heteroatoms. The highest BCUT2D eigenvalue weighted by Gasteiger charge is 2.55. The van der Waals surface area contributed by atoms with Crippen molar-refractivity contribution in [2.75, 3.05) is 9.80 Å². The summed E-state index contributed by atoms with van der Waals surface area (Å²) in [7, 11) is 0. The third-order valence-electron chi connectivity index (χ3n) is 23.5. The van der Waals surface area contributed by atoms with Gasteiger partial charge in [0.05, 0.1) is 52.6 Å². The van der Waals surface area contributed by atoms with Crippen LogP contribution in [-0.2, 0) is 0 Å². The predicted molar refractivity (Wildman–Crippen MR) is 467 cm³/mol. The molecule has 6 nitrogen and oxygen atoms in total. The summed E-state index contributed by atoms with van der Waals surface area (Å²) in [6.45, 7) is -4.71. The van der Waals surface area contributed by atoms with Crippen LogP contribution in [0, 0.1) is 0 Å². The summed E-state index contributed by atoms with van der Waals surface area (Å²) in [4.78, 5) is 4.33. The lowest BCUT2D eigenvalue weighted by Crippen LogP contribution is -2.67. The maximum atomic E-state index is 10.6. The van der Waals surface area contributed by atoms with E-state index in [9.17, 15) is 30.2 Å². The fraction of sp³-hybridized carbons (Fsp3) is 0.00971. The fourth-order valence-electron chi connectivity index (χ4n) is 19.2. The molecular weight excluding hydrogens is 1360 g/mol. The first-order chi connectivity index (χ1) is 64.8. The Labute approximate surface area is 679 Å². The van der Waals surface area contributed by atoms with Gasteiger partial charge in [-0.2, -0.15) is 0 Å². The van der Waals surface area contributed by atoms with E-state index in [0.717, 1.165) is 33.4 Å². The van der Waals surface area contributed by atoms with Gasteiger partial charge in [-0.1, -0.05) is 327 Å². The van der Waals surface area contributed by atoms with Crippen molar-refractivity contribution < 1.29 is 39.6 Å². The van der Waals surface area contributed by atoms with E-state index in [4.69, 9.17) is 9.47 Å². The highest BCUT2D eigenvalue weighted by Crippen LogP contribution is 2.57. The third-order valence-corrected chi connectivity index (χ3v) is 23.5. The molecule has 0 spiro atoms. The van der Waals surface area contributed by atoms with Gasteiger partial charge in [0.1, 0.15) is 23.0 Å². The quantitative estimate of drug-likeness (QED) is 0.107. The number of rotatable bonds is 9. The van der Waals surface area contributed by atoms with Crippen LogP contribution in [0.25, 0.3) is 99.5 Å². The van der Waals surface area contributed by atoms with Gasteiger partial charge in [0.15, 0.2) is 0 Å². The third kappa shape index (κ3) is 8.51. The second kappa shape index (κ2) is 23.6. The second-order valence-electron chi connectivity index (χ2n) is 29.0. The fourth-order valence-corrected chi connectivity index (χ4v) is 19.2. The molecule has 2 aromatic heterocycles. The summed E-state index contributed by atoms with van der Waals surface area (Å²) in [5.41, 5.74) is 10.8. The number of para-hydroxylation sites is 8. The molecule has 0 bridgehead atoms. The molecule has 0 radical (unpaired) electrons. The largest absolute Gasteiger partial charge is 0.459 e. The molecule has 25 rings (SSSR count). The van der Waals surface area contributed by atoms with Crippen LogP contribution in [0.2, 0.25) is 0 Å². The van der Waals surface area contributed by atoms with Crippen molar-refractivity contribution in [2.24, 2.45) is 0 Å². The molecular formula is C103H63B3N4O2. The Morgan fingerprint density at radius 2 is 0.598 bits per heavy atom. The summed E-state index contributed by atoms with van der Waals surface area (Å²) in [5.74, 6) is -1.73. The van der Waals surface area contributed by atoms with Crippen LogP contribution >= 0.6 is 0 Å². The molecule has 0 N–H and O–H groups in total. The molecule has 516 valence electrons. The van der Waals surface area contributed by atoms with Gasteiger partial charge in [0.2, 0.25) is 0 Å². The molecule has 0 unspecified atom stereocenters. The van der Waals surface area contributed by atoms with Crippen LogP contribution in [0.4, 0.5) is 34.1 Å². The topological polar surface area (TPSA) is 34.8 Å². The Hall–Kier alpha value is -14.3. The number of benzene rings is 17. The van der Waals surface area contributed by atoms with Crippen molar-refractivity contribution in [1.82, 2.24) is 9.13 Å². The van der Waals surface area contributed by atoms with Gasteiger partial charge < -0.3 is 28.4 Å². The van der Waals surface area contributed by atoms with Gasteiger partial charge >= 0.3 is 0 Å². The molecule has 0 amide bonds. The Morgan fingerprint density at radius 1 is 0.268 bits per heavy atom. The zero-order valence-corrected chi connectivity index (χ0v) is 59.0.